The van der Waals surface area contributed by atoms with Crippen molar-refractivity contribution in [2.75, 3.05) is 26.4 Å². The Morgan fingerprint density at radius 3 is 1.69 bits per heavy atom. The Morgan fingerprint density at radius 1 is 0.857 bits per heavy atom. The van der Waals surface area contributed by atoms with Crippen molar-refractivity contribution in [1.82, 2.24) is 15.0 Å². The Morgan fingerprint density at radius 2 is 1.31 bits per heavy atom. The lowest BCUT2D eigenvalue weighted by atomic mass is 10.1. The van der Waals surface area contributed by atoms with Gasteiger partial charge in [-0.2, -0.15) is 8.42 Å². The number of halogens is 1. The van der Waals surface area contributed by atoms with Crippen molar-refractivity contribution < 1.29 is 22.4 Å². The molecule has 0 unspecified atom stereocenters. The summed E-state index contributed by atoms with van der Waals surface area (Å²) in [5.41, 5.74) is 2.70. The lowest BCUT2D eigenvalue weighted by Crippen LogP contribution is -1.99. The minimum Gasteiger partial charge on any atom is -0.497 e. The van der Waals surface area contributed by atoms with Crippen LogP contribution in [0.1, 0.15) is 36.8 Å². The summed E-state index contributed by atoms with van der Waals surface area (Å²) in [5.74, 6) is 2.59. The topological polar surface area (TPSA) is 104 Å². The van der Waals surface area contributed by atoms with E-state index in [1.165, 1.54) is 11.1 Å². The van der Waals surface area contributed by atoms with Gasteiger partial charge < -0.3 is 9.47 Å². The highest BCUT2D eigenvalue weighted by Crippen LogP contribution is 2.14. The summed E-state index contributed by atoms with van der Waals surface area (Å²) >= 11 is 5.60. The third-order valence-electron chi connectivity index (χ3n) is 4.74. The van der Waals surface area contributed by atoms with E-state index in [4.69, 9.17) is 25.6 Å². The maximum atomic E-state index is 9.19. The Labute approximate surface area is 214 Å². The van der Waals surface area contributed by atoms with Gasteiger partial charge in [0.15, 0.2) is 0 Å². The Bertz CT molecular complexity index is 1000. The van der Waals surface area contributed by atoms with E-state index in [1.807, 2.05) is 35.1 Å². The van der Waals surface area contributed by atoms with Gasteiger partial charge in [0.05, 0.1) is 26.7 Å². The molecule has 10 heteroatoms. The number of aromatic nitrogens is 3. The quantitative estimate of drug-likeness (QED) is 0.212. The van der Waals surface area contributed by atoms with Crippen molar-refractivity contribution in [3.8, 4) is 11.5 Å². The highest BCUT2D eigenvalue weighted by molar-refractivity contribution is 7.85. The van der Waals surface area contributed by atoms with Crippen LogP contribution < -0.4 is 9.47 Å². The second-order valence-electron chi connectivity index (χ2n) is 7.70. The molecule has 0 radical (unpaired) electrons. The molecule has 35 heavy (non-hydrogen) atoms. The smallest absolute Gasteiger partial charge is 0.261 e. The lowest BCUT2D eigenvalue weighted by Gasteiger charge is -2.03. The first-order valence-corrected chi connectivity index (χ1v) is 13.7. The molecule has 1 heterocycles. The van der Waals surface area contributed by atoms with Crippen LogP contribution in [0.15, 0.2) is 60.9 Å². The summed E-state index contributed by atoms with van der Waals surface area (Å²) in [5, 5.41) is 7.71. The maximum Gasteiger partial charge on any atom is 0.261 e. The first kappa shape index (κ1) is 30.4. The minimum absolute atomic E-state index is 0.715. The van der Waals surface area contributed by atoms with Crippen LogP contribution >= 0.6 is 11.6 Å². The van der Waals surface area contributed by atoms with Gasteiger partial charge in [-0.1, -0.05) is 29.5 Å². The summed E-state index contributed by atoms with van der Waals surface area (Å²) in [6, 6.07) is 16.5. The number of methoxy groups -OCH3 is 2. The van der Waals surface area contributed by atoms with Gasteiger partial charge >= 0.3 is 0 Å². The molecule has 0 aliphatic heterocycles. The van der Waals surface area contributed by atoms with Crippen LogP contribution in [-0.4, -0.2) is 54.3 Å². The fourth-order valence-corrected chi connectivity index (χ4v) is 3.15. The number of rotatable bonds is 11. The number of aryl methyl sites for hydroxylation is 3. The Kier molecular flexibility index (Phi) is 15.4. The average Bonchev–Trinajstić information content (AvgIpc) is 3.36. The molecular formula is C25H36ClN3O5S. The number of hydrogen-bond donors (Lipinski definition) is 1. The minimum atomic E-state index is -3.67. The van der Waals surface area contributed by atoms with Gasteiger partial charge in [0.2, 0.25) is 0 Å². The third kappa shape index (κ3) is 16.6. The molecule has 0 aliphatic rings. The van der Waals surface area contributed by atoms with E-state index in [0.717, 1.165) is 62.4 Å². The van der Waals surface area contributed by atoms with Crippen molar-refractivity contribution in [2.45, 2.75) is 45.1 Å². The van der Waals surface area contributed by atoms with E-state index in [-0.39, 0.29) is 0 Å². The fraction of sp³-hybridized carbons (Fsp3) is 0.440. The molecule has 0 bridgehead atoms. The Hall–Kier alpha value is -2.62. The second-order valence-corrected chi connectivity index (χ2v) is 9.54. The zero-order valence-corrected chi connectivity index (χ0v) is 22.2. The van der Waals surface area contributed by atoms with Gasteiger partial charge in [0.1, 0.15) is 11.5 Å². The first-order valence-electron chi connectivity index (χ1n) is 11.3. The molecule has 0 aliphatic carbocycles. The van der Waals surface area contributed by atoms with Gasteiger partial charge in [0, 0.05) is 18.6 Å². The third-order valence-corrected chi connectivity index (χ3v) is 5.01. The normalized spacial score (nSPS) is 10.4. The van der Waals surface area contributed by atoms with E-state index in [1.54, 1.807) is 20.4 Å². The van der Waals surface area contributed by atoms with Gasteiger partial charge in [-0.15, -0.1) is 16.7 Å². The number of unbranched alkanes of at least 4 members (excludes halogenated alkanes) is 2. The van der Waals surface area contributed by atoms with Gasteiger partial charge in [-0.05, 0) is 73.9 Å². The van der Waals surface area contributed by atoms with Crippen LogP contribution in [0.25, 0.3) is 0 Å². The van der Waals surface area contributed by atoms with E-state index < -0.39 is 10.1 Å². The molecule has 194 valence electrons. The summed E-state index contributed by atoms with van der Waals surface area (Å²) in [6.45, 7) is 0.941. The van der Waals surface area contributed by atoms with Crippen LogP contribution in [0.2, 0.25) is 0 Å². The van der Waals surface area contributed by atoms with E-state index in [9.17, 15) is 8.42 Å². The van der Waals surface area contributed by atoms with Crippen LogP contribution in [0.5, 0.6) is 11.5 Å². The molecule has 2 aromatic carbocycles. The number of benzene rings is 2. The summed E-state index contributed by atoms with van der Waals surface area (Å²) in [6.07, 6.45) is 11.1. The predicted molar refractivity (Wildman–Crippen MR) is 140 cm³/mol. The van der Waals surface area contributed by atoms with Crippen LogP contribution in [0.4, 0.5) is 0 Å². The van der Waals surface area contributed by atoms with Gasteiger partial charge in [-0.3, -0.25) is 9.23 Å². The molecule has 1 aromatic heterocycles. The molecule has 0 saturated heterocycles. The molecule has 0 saturated carbocycles. The van der Waals surface area contributed by atoms with Gasteiger partial charge in [0.25, 0.3) is 10.1 Å². The fourth-order valence-electron chi connectivity index (χ4n) is 2.96. The predicted octanol–water partition coefficient (Wildman–Crippen LogP) is 5.07. The first-order chi connectivity index (χ1) is 16.7. The zero-order chi connectivity index (χ0) is 25.9. The number of nitrogens with zero attached hydrogens (tertiary/aromatic N) is 3. The lowest BCUT2D eigenvalue weighted by molar-refractivity contribution is 0.414. The number of hydrogen-bond acceptors (Lipinski definition) is 6. The average molecular weight is 526 g/mol. The molecule has 8 nitrogen and oxygen atoms in total. The molecule has 3 rings (SSSR count). The van der Waals surface area contributed by atoms with Crippen molar-refractivity contribution in [1.29, 1.82) is 0 Å². The van der Waals surface area contributed by atoms with E-state index in [0.29, 0.717) is 6.26 Å². The van der Waals surface area contributed by atoms with Gasteiger partial charge in [-0.25, -0.2) is 0 Å². The number of alkyl halides is 1. The van der Waals surface area contributed by atoms with Crippen LogP contribution in [0, 0.1) is 0 Å². The molecule has 1 N–H and O–H groups in total. The molecule has 0 atom stereocenters. The highest BCUT2D eigenvalue weighted by Gasteiger charge is 1.97. The molecular weight excluding hydrogens is 490 g/mol. The largest absolute Gasteiger partial charge is 0.497 e. The zero-order valence-electron chi connectivity index (χ0n) is 20.6. The standard InChI is InChI=1S/C13H17N3O.C11H15ClO.CH4O3S/c1-17-13-7-5-12(6-8-13)4-2-3-10-16-11-9-14-15-16;1-13-11-7-5-10(6-8-11)4-2-3-9-12;1-5(2,3)4/h5-9,11H,2-4,10H2,1H3;5-8H,2-4,9H2,1H3;1H3,(H,2,3,4). The van der Waals surface area contributed by atoms with Crippen LogP contribution in [0.3, 0.4) is 0 Å². The monoisotopic (exact) mass is 525 g/mol. The van der Waals surface area contributed by atoms with E-state index >= 15 is 0 Å². The summed E-state index contributed by atoms with van der Waals surface area (Å²) < 4.78 is 37.9. The van der Waals surface area contributed by atoms with Crippen molar-refractivity contribution >= 4 is 21.7 Å². The van der Waals surface area contributed by atoms with Crippen molar-refractivity contribution in [2.24, 2.45) is 0 Å². The maximum absolute atomic E-state index is 9.19. The summed E-state index contributed by atoms with van der Waals surface area (Å²) in [7, 11) is -0.296. The van der Waals surface area contributed by atoms with Crippen molar-refractivity contribution in [3.63, 3.8) is 0 Å². The van der Waals surface area contributed by atoms with Crippen LogP contribution in [-0.2, 0) is 29.5 Å². The number of ether oxygens (including phenoxy) is 2. The molecule has 0 amide bonds. The van der Waals surface area contributed by atoms with E-state index in [2.05, 4.69) is 34.6 Å². The van der Waals surface area contributed by atoms with Crippen molar-refractivity contribution in [3.05, 3.63) is 72.1 Å². The molecule has 0 spiro atoms. The highest BCUT2D eigenvalue weighted by atomic mass is 35.5. The second kappa shape index (κ2) is 17.8. The SMILES string of the molecule is COc1ccc(CCCCCl)cc1.COc1ccc(CCCCn2ccnn2)cc1.CS(=O)(=O)O. The molecule has 0 fully saturated rings. The molecule has 3 aromatic rings. The Balaban J connectivity index is 0.000000302. The summed E-state index contributed by atoms with van der Waals surface area (Å²) in [4.78, 5) is 0.